The van der Waals surface area contributed by atoms with E-state index in [0.717, 1.165) is 11.3 Å². The second-order valence-corrected chi connectivity index (χ2v) is 8.56. The second kappa shape index (κ2) is 8.08. The molecule has 4 amide bonds. The summed E-state index contributed by atoms with van der Waals surface area (Å²) in [5, 5.41) is 8.11. The predicted molar refractivity (Wildman–Crippen MR) is 128 cm³/mol. The van der Waals surface area contributed by atoms with Gasteiger partial charge >= 0.3 is 6.03 Å². The smallest absolute Gasteiger partial charge is 0.322 e. The first-order valence-corrected chi connectivity index (χ1v) is 11.1. The molecule has 1 atom stereocenters. The lowest BCUT2D eigenvalue weighted by Gasteiger charge is -2.28. The van der Waals surface area contributed by atoms with Crippen LogP contribution in [0.2, 0.25) is 0 Å². The maximum Gasteiger partial charge on any atom is 0.322 e. The van der Waals surface area contributed by atoms with Crippen LogP contribution in [0.3, 0.4) is 0 Å². The highest BCUT2D eigenvalue weighted by Crippen LogP contribution is 2.35. The zero-order valence-electron chi connectivity index (χ0n) is 19.1. The molecule has 11 heteroatoms. The Morgan fingerprint density at radius 2 is 2.06 bits per heavy atom. The average molecular weight is 484 g/mol. The number of hydrogen-bond acceptors (Lipinski definition) is 8. The van der Waals surface area contributed by atoms with E-state index in [-0.39, 0.29) is 24.8 Å². The van der Waals surface area contributed by atoms with Crippen LogP contribution in [0.15, 0.2) is 65.3 Å². The summed E-state index contributed by atoms with van der Waals surface area (Å²) in [6.45, 7) is 0.154. The molecule has 0 saturated carbocycles. The molecule has 3 aromatic heterocycles. The van der Waals surface area contributed by atoms with Gasteiger partial charge in [0.1, 0.15) is 22.8 Å². The Labute approximate surface area is 204 Å². The quantitative estimate of drug-likeness (QED) is 0.355. The Morgan fingerprint density at radius 1 is 1.17 bits per heavy atom. The van der Waals surface area contributed by atoms with Crippen LogP contribution in [-0.2, 0) is 16.9 Å². The third kappa shape index (κ3) is 3.49. The van der Waals surface area contributed by atoms with Crippen molar-refractivity contribution in [3.05, 3.63) is 77.8 Å². The van der Waals surface area contributed by atoms with Gasteiger partial charge in [-0.1, -0.05) is 6.07 Å². The monoisotopic (exact) mass is 484 g/mol. The van der Waals surface area contributed by atoms with Crippen LogP contribution in [0.25, 0.3) is 11.1 Å². The van der Waals surface area contributed by atoms with Crippen molar-refractivity contribution in [2.24, 2.45) is 0 Å². The molecule has 0 bridgehead atoms. The number of hydrogen-bond donors (Lipinski definition) is 3. The van der Waals surface area contributed by atoms with E-state index in [1.54, 1.807) is 48.8 Å². The van der Waals surface area contributed by atoms with Crippen molar-refractivity contribution in [3.8, 4) is 5.75 Å². The molecule has 3 N–H and O–H groups in total. The minimum Gasteiger partial charge on any atom is -0.497 e. The zero-order chi connectivity index (χ0) is 24.9. The van der Waals surface area contributed by atoms with Gasteiger partial charge < -0.3 is 24.7 Å². The number of fused-ring (bicyclic) bond motifs is 2. The Kier molecular flexibility index (Phi) is 4.85. The van der Waals surface area contributed by atoms with Gasteiger partial charge in [-0.05, 0) is 42.0 Å². The molecular weight excluding hydrogens is 464 g/mol. The van der Waals surface area contributed by atoms with E-state index in [1.807, 2.05) is 12.1 Å². The van der Waals surface area contributed by atoms with Crippen molar-refractivity contribution >= 4 is 40.5 Å². The number of amides is 4. The summed E-state index contributed by atoms with van der Waals surface area (Å²) in [5.74, 6) is 0.407. The Balaban J connectivity index is 1.34. The van der Waals surface area contributed by atoms with E-state index in [2.05, 4.69) is 25.9 Å². The number of carbonyl (C=O) groups is 3. The first-order chi connectivity index (χ1) is 17.4. The number of furan rings is 1. The molecule has 0 radical (unpaired) electrons. The van der Waals surface area contributed by atoms with Crippen LogP contribution in [-0.4, -0.2) is 46.4 Å². The van der Waals surface area contributed by atoms with Crippen LogP contribution in [0.1, 0.15) is 21.7 Å². The average Bonchev–Trinajstić information content (AvgIpc) is 3.53. The largest absolute Gasteiger partial charge is 0.497 e. The number of nitrogens with one attached hydrogen (secondary N) is 3. The van der Waals surface area contributed by atoms with Gasteiger partial charge in [-0.15, -0.1) is 0 Å². The molecule has 1 saturated heterocycles. The third-order valence-electron chi connectivity index (χ3n) is 6.29. The van der Waals surface area contributed by atoms with E-state index in [4.69, 9.17) is 9.15 Å². The standard InChI is InChI=1S/C25H20N6O5/c1-35-16-5-4-14-12-31(22(32)17(14)9-16)13-25(23(33)29-24(34)30-25)20-10-18-19(36-20)6-7-21(28-18)27-15-3-2-8-26-11-15/h2-11H,12-13H2,1H3,(H,27,28)(H2,29,30,33,34)/t25-/m0/s1. The zero-order valence-corrected chi connectivity index (χ0v) is 19.1. The molecule has 0 aliphatic carbocycles. The topological polar surface area (TPSA) is 139 Å². The highest BCUT2D eigenvalue weighted by atomic mass is 16.5. The fourth-order valence-electron chi connectivity index (χ4n) is 4.52. The number of rotatable bonds is 6. The van der Waals surface area contributed by atoms with Crippen molar-refractivity contribution in [1.82, 2.24) is 25.5 Å². The second-order valence-electron chi connectivity index (χ2n) is 8.56. The Bertz CT molecular complexity index is 1530. The molecule has 6 rings (SSSR count). The minimum atomic E-state index is -1.61. The molecular formula is C25H20N6O5. The molecule has 5 heterocycles. The van der Waals surface area contributed by atoms with Crippen LogP contribution in [0.4, 0.5) is 16.3 Å². The third-order valence-corrected chi connectivity index (χ3v) is 6.29. The number of nitrogens with zero attached hydrogens (tertiary/aromatic N) is 3. The van der Waals surface area contributed by atoms with E-state index >= 15 is 0 Å². The molecule has 2 aliphatic rings. The summed E-state index contributed by atoms with van der Waals surface area (Å²) in [6.07, 6.45) is 3.34. The number of imide groups is 1. The van der Waals surface area contributed by atoms with Crippen LogP contribution >= 0.6 is 0 Å². The molecule has 2 aliphatic heterocycles. The molecule has 1 fully saturated rings. The number of benzene rings is 1. The van der Waals surface area contributed by atoms with Gasteiger partial charge in [-0.2, -0.15) is 0 Å². The maximum absolute atomic E-state index is 13.2. The van der Waals surface area contributed by atoms with Gasteiger partial charge in [0.25, 0.3) is 11.8 Å². The number of aromatic nitrogens is 2. The van der Waals surface area contributed by atoms with Gasteiger partial charge in [-0.25, -0.2) is 9.78 Å². The molecule has 0 unspecified atom stereocenters. The summed E-state index contributed by atoms with van der Waals surface area (Å²) in [5.41, 5.74) is 1.35. The lowest BCUT2D eigenvalue weighted by molar-refractivity contribution is -0.125. The Morgan fingerprint density at radius 3 is 2.81 bits per heavy atom. The normalized spacial score (nSPS) is 18.8. The predicted octanol–water partition coefficient (Wildman–Crippen LogP) is 2.67. The highest BCUT2D eigenvalue weighted by molar-refractivity contribution is 6.08. The fraction of sp³-hybridized carbons (Fsp3) is 0.160. The number of carbonyl (C=O) groups excluding carboxylic acids is 3. The molecule has 4 aromatic rings. The van der Waals surface area contributed by atoms with E-state index in [1.165, 1.54) is 12.0 Å². The first-order valence-electron chi connectivity index (χ1n) is 11.1. The number of anilines is 2. The summed E-state index contributed by atoms with van der Waals surface area (Å²) < 4.78 is 11.2. The number of ether oxygens (including phenoxy) is 1. The summed E-state index contributed by atoms with van der Waals surface area (Å²) in [6, 6.07) is 13.3. The molecule has 11 nitrogen and oxygen atoms in total. The number of pyridine rings is 2. The van der Waals surface area contributed by atoms with Crippen molar-refractivity contribution in [2.75, 3.05) is 19.0 Å². The van der Waals surface area contributed by atoms with E-state index in [9.17, 15) is 14.4 Å². The van der Waals surface area contributed by atoms with Crippen molar-refractivity contribution in [2.45, 2.75) is 12.1 Å². The van der Waals surface area contributed by atoms with E-state index < -0.39 is 17.5 Å². The van der Waals surface area contributed by atoms with Gasteiger partial charge in [0, 0.05) is 24.4 Å². The van der Waals surface area contributed by atoms with Crippen molar-refractivity contribution < 1.29 is 23.5 Å². The SMILES string of the molecule is COc1ccc2c(c1)C(=O)N(C[C@@]1(c3cc4nc(Nc5cccnc5)ccc4o3)NC(=O)NC1=O)C2. The Hall–Kier alpha value is -4.93. The lowest BCUT2D eigenvalue weighted by atomic mass is 9.95. The molecule has 180 valence electrons. The summed E-state index contributed by atoms with van der Waals surface area (Å²) >= 11 is 0. The van der Waals surface area contributed by atoms with Crippen molar-refractivity contribution in [1.29, 1.82) is 0 Å². The minimum absolute atomic E-state index is 0.124. The maximum atomic E-state index is 13.2. The van der Waals surface area contributed by atoms with E-state index in [0.29, 0.717) is 28.2 Å². The van der Waals surface area contributed by atoms with Crippen molar-refractivity contribution in [3.63, 3.8) is 0 Å². The highest BCUT2D eigenvalue weighted by Gasteiger charge is 2.53. The molecule has 0 spiro atoms. The lowest BCUT2D eigenvalue weighted by Crippen LogP contribution is -2.52. The first kappa shape index (κ1) is 21.6. The van der Waals surface area contributed by atoms with Gasteiger partial charge in [-0.3, -0.25) is 19.9 Å². The van der Waals surface area contributed by atoms with Crippen LogP contribution < -0.4 is 20.7 Å². The van der Waals surface area contributed by atoms with Gasteiger partial charge in [0.15, 0.2) is 11.1 Å². The molecule has 36 heavy (non-hydrogen) atoms. The van der Waals surface area contributed by atoms with Crippen LogP contribution in [0.5, 0.6) is 5.75 Å². The van der Waals surface area contributed by atoms with Crippen LogP contribution in [0, 0.1) is 0 Å². The van der Waals surface area contributed by atoms with Gasteiger partial charge in [0.2, 0.25) is 0 Å². The fourth-order valence-corrected chi connectivity index (χ4v) is 4.52. The summed E-state index contributed by atoms with van der Waals surface area (Å²) in [7, 11) is 1.53. The molecule has 1 aromatic carbocycles. The number of urea groups is 1. The number of methoxy groups -OCH3 is 1. The summed E-state index contributed by atoms with van der Waals surface area (Å²) in [4.78, 5) is 48.7. The van der Waals surface area contributed by atoms with Gasteiger partial charge in [0.05, 0.1) is 25.5 Å².